The molecule has 0 bridgehead atoms. The number of carbonyl (C=O) groups excluding carboxylic acids is 2. The third-order valence-electron chi connectivity index (χ3n) is 2.81. The number of carbonyl (C=O) groups is 2. The van der Waals surface area contributed by atoms with Gasteiger partial charge in [-0.05, 0) is 19.5 Å². The number of rotatable bonds is 9. The van der Waals surface area contributed by atoms with Gasteiger partial charge in [0.1, 0.15) is 6.10 Å². The van der Waals surface area contributed by atoms with E-state index >= 15 is 0 Å². The van der Waals surface area contributed by atoms with Crippen LogP contribution in [0.4, 0.5) is 0 Å². The van der Waals surface area contributed by atoms with Crippen LogP contribution >= 0.6 is 12.4 Å². The molecule has 0 spiro atoms. The maximum absolute atomic E-state index is 11.6. The lowest BCUT2D eigenvalue weighted by molar-refractivity contribution is -0.145. The lowest BCUT2D eigenvalue weighted by Crippen LogP contribution is -2.34. The van der Waals surface area contributed by atoms with Gasteiger partial charge in [-0.25, -0.2) is 9.59 Å². The van der Waals surface area contributed by atoms with Gasteiger partial charge in [-0.1, -0.05) is 27.2 Å². The molecule has 0 fully saturated rings. The summed E-state index contributed by atoms with van der Waals surface area (Å²) in [6, 6.07) is 0. The van der Waals surface area contributed by atoms with E-state index in [1.54, 1.807) is 0 Å². The van der Waals surface area contributed by atoms with Crippen LogP contribution in [0.15, 0.2) is 12.2 Å². The molecule has 0 aliphatic carbocycles. The first kappa shape index (κ1) is 21.2. The third-order valence-corrected chi connectivity index (χ3v) is 2.81. The van der Waals surface area contributed by atoms with Crippen LogP contribution < -0.4 is 0 Å². The van der Waals surface area contributed by atoms with Crippen molar-refractivity contribution >= 4 is 24.3 Å². The molecule has 0 aromatic carbocycles. The van der Waals surface area contributed by atoms with Gasteiger partial charge in [0.15, 0.2) is 0 Å². The van der Waals surface area contributed by atoms with Gasteiger partial charge in [0.05, 0.1) is 7.11 Å². The van der Waals surface area contributed by atoms with E-state index in [0.717, 1.165) is 44.6 Å². The van der Waals surface area contributed by atoms with Gasteiger partial charge in [-0.3, -0.25) is 0 Å². The molecular formula is C14H26ClNO4. The van der Waals surface area contributed by atoms with Crippen LogP contribution in [0.1, 0.15) is 33.6 Å². The van der Waals surface area contributed by atoms with Crippen molar-refractivity contribution in [3.63, 3.8) is 0 Å². The Morgan fingerprint density at radius 1 is 1.10 bits per heavy atom. The number of esters is 2. The van der Waals surface area contributed by atoms with E-state index in [-0.39, 0.29) is 18.5 Å². The third kappa shape index (κ3) is 9.81. The standard InChI is InChI=1S/C14H25NO4.ClH/c1-5-8-12(11-15(6-2)7-3)19-14(17)10-9-13(16)18-4;/h9-10,12H,5-8,11H2,1-4H3;1H. The predicted molar refractivity (Wildman–Crippen MR) is 81.0 cm³/mol. The summed E-state index contributed by atoms with van der Waals surface area (Å²) in [7, 11) is 1.26. The molecule has 118 valence electrons. The molecule has 0 aliphatic heterocycles. The highest BCUT2D eigenvalue weighted by atomic mass is 35.5. The molecule has 20 heavy (non-hydrogen) atoms. The largest absolute Gasteiger partial charge is 0.466 e. The van der Waals surface area contributed by atoms with E-state index in [0.29, 0.717) is 0 Å². The van der Waals surface area contributed by atoms with Crippen LogP contribution in [0.2, 0.25) is 0 Å². The SMILES string of the molecule is CCCC(CN(CC)CC)OC(=O)C=CC(=O)OC.Cl. The molecule has 0 aromatic rings. The number of ether oxygens (including phenoxy) is 2. The summed E-state index contributed by atoms with van der Waals surface area (Å²) in [5, 5.41) is 0. The van der Waals surface area contributed by atoms with Crippen LogP contribution in [0, 0.1) is 0 Å². The number of hydrogen-bond acceptors (Lipinski definition) is 5. The number of hydrogen-bond donors (Lipinski definition) is 0. The van der Waals surface area contributed by atoms with Gasteiger partial charge >= 0.3 is 11.9 Å². The predicted octanol–water partition coefficient (Wildman–Crippen LogP) is 2.19. The summed E-state index contributed by atoms with van der Waals surface area (Å²) in [5.74, 6) is -1.07. The highest BCUT2D eigenvalue weighted by Crippen LogP contribution is 2.06. The molecule has 0 saturated carbocycles. The summed E-state index contributed by atoms with van der Waals surface area (Å²) in [6.07, 6.45) is 3.80. The van der Waals surface area contributed by atoms with Crippen molar-refractivity contribution in [1.29, 1.82) is 0 Å². The summed E-state index contributed by atoms with van der Waals surface area (Å²) in [6.45, 7) is 8.77. The lowest BCUT2D eigenvalue weighted by Gasteiger charge is -2.24. The fourth-order valence-electron chi connectivity index (χ4n) is 1.69. The second-order valence-electron chi connectivity index (χ2n) is 4.19. The summed E-state index contributed by atoms with van der Waals surface area (Å²) >= 11 is 0. The van der Waals surface area contributed by atoms with Gasteiger partial charge in [-0.2, -0.15) is 0 Å². The minimum atomic E-state index is -0.562. The van der Waals surface area contributed by atoms with E-state index in [4.69, 9.17) is 4.74 Å². The van der Waals surface area contributed by atoms with Crippen LogP contribution in [0.25, 0.3) is 0 Å². The van der Waals surface area contributed by atoms with E-state index in [1.807, 2.05) is 6.92 Å². The molecule has 0 saturated heterocycles. The van der Waals surface area contributed by atoms with Gasteiger partial charge < -0.3 is 14.4 Å². The van der Waals surface area contributed by atoms with Crippen molar-refractivity contribution in [2.24, 2.45) is 0 Å². The Balaban J connectivity index is 0. The van der Waals surface area contributed by atoms with Crippen LogP contribution in [0.5, 0.6) is 0 Å². The van der Waals surface area contributed by atoms with Gasteiger partial charge in [0.25, 0.3) is 0 Å². The van der Waals surface area contributed by atoms with E-state index in [2.05, 4.69) is 23.5 Å². The summed E-state index contributed by atoms with van der Waals surface area (Å²) < 4.78 is 9.76. The number of methoxy groups -OCH3 is 1. The highest BCUT2D eigenvalue weighted by Gasteiger charge is 2.15. The molecule has 0 radical (unpaired) electrons. The molecule has 0 heterocycles. The fourth-order valence-corrected chi connectivity index (χ4v) is 1.69. The molecule has 0 rings (SSSR count). The van der Waals surface area contributed by atoms with E-state index in [1.165, 1.54) is 7.11 Å². The molecule has 0 aromatic heterocycles. The first-order valence-corrected chi connectivity index (χ1v) is 6.76. The van der Waals surface area contributed by atoms with E-state index in [9.17, 15) is 9.59 Å². The zero-order chi connectivity index (χ0) is 14.7. The van der Waals surface area contributed by atoms with Crippen LogP contribution in [-0.2, 0) is 19.1 Å². The minimum absolute atomic E-state index is 0. The average molecular weight is 308 g/mol. The molecule has 0 amide bonds. The Labute approximate surface area is 127 Å². The zero-order valence-corrected chi connectivity index (χ0v) is 13.6. The second-order valence-corrected chi connectivity index (χ2v) is 4.19. The number of halogens is 1. The first-order chi connectivity index (χ1) is 9.07. The number of likely N-dealkylation sites (N-methyl/N-ethyl adjacent to an activating group) is 1. The quantitative estimate of drug-likeness (QED) is 0.483. The van der Waals surface area contributed by atoms with Crippen molar-refractivity contribution in [3.05, 3.63) is 12.2 Å². The smallest absolute Gasteiger partial charge is 0.331 e. The molecule has 0 N–H and O–H groups in total. The minimum Gasteiger partial charge on any atom is -0.466 e. The highest BCUT2D eigenvalue weighted by molar-refractivity contribution is 5.91. The molecule has 1 unspecified atom stereocenters. The van der Waals surface area contributed by atoms with Crippen molar-refractivity contribution in [2.45, 2.75) is 39.7 Å². The lowest BCUT2D eigenvalue weighted by atomic mass is 10.2. The topological polar surface area (TPSA) is 55.8 Å². The Morgan fingerprint density at radius 3 is 2.10 bits per heavy atom. The van der Waals surface area contributed by atoms with Gasteiger partial charge in [0.2, 0.25) is 0 Å². The maximum Gasteiger partial charge on any atom is 0.331 e. The summed E-state index contributed by atoms with van der Waals surface area (Å²) in [4.78, 5) is 24.7. The van der Waals surface area contributed by atoms with Crippen molar-refractivity contribution in [3.8, 4) is 0 Å². The fraction of sp³-hybridized carbons (Fsp3) is 0.714. The molecule has 1 atom stereocenters. The average Bonchev–Trinajstić information content (AvgIpc) is 2.42. The Hall–Kier alpha value is -1.07. The zero-order valence-electron chi connectivity index (χ0n) is 12.8. The van der Waals surface area contributed by atoms with Crippen molar-refractivity contribution < 1.29 is 19.1 Å². The maximum atomic E-state index is 11.6. The van der Waals surface area contributed by atoms with Crippen molar-refractivity contribution in [1.82, 2.24) is 4.90 Å². The Bertz CT molecular complexity index is 304. The second kappa shape index (κ2) is 12.9. The summed E-state index contributed by atoms with van der Waals surface area (Å²) in [5.41, 5.74) is 0. The molecule has 0 aliphatic rings. The molecule has 5 nitrogen and oxygen atoms in total. The molecular weight excluding hydrogens is 282 g/mol. The normalized spacial score (nSPS) is 12.1. The first-order valence-electron chi connectivity index (χ1n) is 6.76. The molecule has 6 heteroatoms. The number of nitrogens with zero attached hydrogens (tertiary/aromatic N) is 1. The monoisotopic (exact) mass is 307 g/mol. The van der Waals surface area contributed by atoms with Gasteiger partial charge in [0, 0.05) is 18.7 Å². The Morgan fingerprint density at radius 2 is 1.65 bits per heavy atom. The van der Waals surface area contributed by atoms with Gasteiger partial charge in [-0.15, -0.1) is 12.4 Å². The van der Waals surface area contributed by atoms with E-state index < -0.39 is 11.9 Å². The van der Waals surface area contributed by atoms with Crippen LogP contribution in [-0.4, -0.2) is 49.7 Å². The van der Waals surface area contributed by atoms with Crippen LogP contribution in [0.3, 0.4) is 0 Å². The van der Waals surface area contributed by atoms with Crippen molar-refractivity contribution in [2.75, 3.05) is 26.7 Å². The Kier molecular flexibility index (Phi) is 13.7.